The number of fused-ring (bicyclic) bond motifs is 3. The van der Waals surface area contributed by atoms with Gasteiger partial charge in [-0.3, -0.25) is 9.69 Å². The second-order valence-electron chi connectivity index (χ2n) is 7.50. The molecule has 0 bridgehead atoms. The third kappa shape index (κ3) is 4.28. The van der Waals surface area contributed by atoms with Gasteiger partial charge in [0.2, 0.25) is 5.91 Å². The summed E-state index contributed by atoms with van der Waals surface area (Å²) in [6.45, 7) is 4.13. The Morgan fingerprint density at radius 3 is 2.65 bits per heavy atom. The summed E-state index contributed by atoms with van der Waals surface area (Å²) in [6.07, 6.45) is 1.45. The van der Waals surface area contributed by atoms with Crippen molar-refractivity contribution in [1.82, 2.24) is 19.8 Å². The summed E-state index contributed by atoms with van der Waals surface area (Å²) in [5.74, 6) is 0.160. The molecule has 2 aromatic heterocycles. The maximum atomic E-state index is 14.3. The first-order valence-corrected chi connectivity index (χ1v) is 12.0. The van der Waals surface area contributed by atoms with E-state index in [9.17, 15) is 9.18 Å². The number of thiophene rings is 1. The molecule has 8 heteroatoms. The molecule has 5 rings (SSSR count). The number of hydrogen-bond donors (Lipinski definition) is 0. The van der Waals surface area contributed by atoms with Gasteiger partial charge >= 0.3 is 0 Å². The SMILES string of the molecule is O=C(CSc1ncnc2c1sc1cccc(F)c12)N1CCN(Cc2ccccc2)CC1. The molecule has 0 N–H and O–H groups in total. The average molecular weight is 453 g/mol. The highest BCUT2D eigenvalue weighted by Crippen LogP contribution is 2.38. The summed E-state index contributed by atoms with van der Waals surface area (Å²) in [7, 11) is 0. The van der Waals surface area contributed by atoms with E-state index >= 15 is 0 Å². The largest absolute Gasteiger partial charge is 0.339 e. The molecular weight excluding hydrogens is 431 g/mol. The summed E-state index contributed by atoms with van der Waals surface area (Å²) < 4.78 is 16.0. The van der Waals surface area contributed by atoms with E-state index in [0.29, 0.717) is 16.7 Å². The number of rotatable bonds is 5. The normalized spacial score (nSPS) is 15.1. The van der Waals surface area contributed by atoms with Crippen molar-refractivity contribution < 1.29 is 9.18 Å². The second-order valence-corrected chi connectivity index (χ2v) is 9.52. The molecule has 0 saturated carbocycles. The molecule has 1 aliphatic heterocycles. The van der Waals surface area contributed by atoms with Gasteiger partial charge in [-0.15, -0.1) is 11.3 Å². The summed E-state index contributed by atoms with van der Waals surface area (Å²) in [5, 5.41) is 1.27. The Kier molecular flexibility index (Phi) is 5.85. The maximum absolute atomic E-state index is 14.3. The maximum Gasteiger partial charge on any atom is 0.233 e. The zero-order chi connectivity index (χ0) is 21.2. The molecule has 2 aromatic carbocycles. The van der Waals surface area contributed by atoms with Crippen LogP contribution in [0, 0.1) is 5.82 Å². The molecule has 1 aliphatic rings. The average Bonchev–Trinajstić information content (AvgIpc) is 3.19. The minimum Gasteiger partial charge on any atom is -0.339 e. The van der Waals surface area contributed by atoms with Crippen LogP contribution < -0.4 is 0 Å². The van der Waals surface area contributed by atoms with Crippen LogP contribution in [0.4, 0.5) is 4.39 Å². The van der Waals surface area contributed by atoms with Crippen LogP contribution in [0.5, 0.6) is 0 Å². The van der Waals surface area contributed by atoms with Gasteiger partial charge in [-0.25, -0.2) is 14.4 Å². The van der Waals surface area contributed by atoms with E-state index < -0.39 is 0 Å². The number of thioether (sulfide) groups is 1. The Balaban J connectivity index is 1.22. The number of aromatic nitrogens is 2. The Labute approximate surface area is 187 Å². The molecule has 0 spiro atoms. The van der Waals surface area contributed by atoms with Crippen molar-refractivity contribution in [2.45, 2.75) is 11.6 Å². The van der Waals surface area contributed by atoms with Crippen LogP contribution in [0.2, 0.25) is 0 Å². The van der Waals surface area contributed by atoms with Crippen LogP contribution in [0.1, 0.15) is 5.56 Å². The molecule has 31 heavy (non-hydrogen) atoms. The lowest BCUT2D eigenvalue weighted by molar-refractivity contribution is -0.130. The van der Waals surface area contributed by atoms with Crippen LogP contribution in [-0.4, -0.2) is 57.6 Å². The lowest BCUT2D eigenvalue weighted by atomic mass is 10.2. The van der Waals surface area contributed by atoms with E-state index in [2.05, 4.69) is 39.1 Å². The first-order chi connectivity index (χ1) is 15.2. The number of halogens is 1. The number of carbonyl (C=O) groups is 1. The van der Waals surface area contributed by atoms with E-state index in [4.69, 9.17) is 0 Å². The Bertz CT molecular complexity index is 1220. The molecule has 1 saturated heterocycles. The van der Waals surface area contributed by atoms with E-state index in [0.717, 1.165) is 47.1 Å². The number of hydrogen-bond acceptors (Lipinski definition) is 6. The van der Waals surface area contributed by atoms with Gasteiger partial charge in [-0.1, -0.05) is 48.2 Å². The molecule has 1 amide bonds. The molecule has 5 nitrogen and oxygen atoms in total. The molecular formula is C23H21FN4OS2. The van der Waals surface area contributed by atoms with Crippen molar-refractivity contribution in [3.63, 3.8) is 0 Å². The molecule has 158 valence electrons. The molecule has 0 atom stereocenters. The first-order valence-electron chi connectivity index (χ1n) is 10.2. The van der Waals surface area contributed by atoms with Gasteiger partial charge in [0.25, 0.3) is 0 Å². The molecule has 0 aliphatic carbocycles. The Morgan fingerprint density at radius 1 is 1.03 bits per heavy atom. The van der Waals surface area contributed by atoms with Crippen molar-refractivity contribution in [2.24, 2.45) is 0 Å². The highest BCUT2D eigenvalue weighted by atomic mass is 32.2. The predicted octanol–water partition coefficient (Wildman–Crippen LogP) is 4.42. The van der Waals surface area contributed by atoms with Crippen LogP contribution in [0.15, 0.2) is 59.9 Å². The minimum absolute atomic E-state index is 0.114. The minimum atomic E-state index is -0.275. The monoisotopic (exact) mass is 452 g/mol. The molecule has 3 heterocycles. The standard InChI is InChI=1S/C23H21FN4OS2/c24-17-7-4-8-18-20(17)21-22(31-18)23(26-15-25-21)30-14-19(29)28-11-9-27(10-12-28)13-16-5-2-1-3-6-16/h1-8,15H,9-14H2. The first kappa shape index (κ1) is 20.4. The fourth-order valence-corrected chi connectivity index (χ4v) is 6.03. The van der Waals surface area contributed by atoms with Crippen molar-refractivity contribution in [1.29, 1.82) is 0 Å². The van der Waals surface area contributed by atoms with Gasteiger partial charge in [-0.05, 0) is 17.7 Å². The quantitative estimate of drug-likeness (QED) is 0.331. The van der Waals surface area contributed by atoms with Crippen LogP contribution in [0.25, 0.3) is 20.3 Å². The van der Waals surface area contributed by atoms with E-state index in [1.54, 1.807) is 6.07 Å². The summed E-state index contributed by atoms with van der Waals surface area (Å²) >= 11 is 2.88. The highest BCUT2D eigenvalue weighted by Gasteiger charge is 2.22. The van der Waals surface area contributed by atoms with Crippen molar-refractivity contribution in [3.8, 4) is 0 Å². The summed E-state index contributed by atoms with van der Waals surface area (Å²) in [4.78, 5) is 25.8. The van der Waals surface area contributed by atoms with E-state index in [1.165, 1.54) is 41.1 Å². The molecule has 1 fully saturated rings. The molecule has 0 radical (unpaired) electrons. The third-order valence-electron chi connectivity index (χ3n) is 5.50. The second kappa shape index (κ2) is 8.90. The van der Waals surface area contributed by atoms with E-state index in [1.807, 2.05) is 17.0 Å². The summed E-state index contributed by atoms with van der Waals surface area (Å²) in [5.41, 5.74) is 1.92. The highest BCUT2D eigenvalue weighted by molar-refractivity contribution is 8.00. The van der Waals surface area contributed by atoms with Gasteiger partial charge < -0.3 is 4.90 Å². The number of piperazine rings is 1. The zero-order valence-corrected chi connectivity index (χ0v) is 18.5. The van der Waals surface area contributed by atoms with Crippen molar-refractivity contribution >= 4 is 49.3 Å². The fourth-order valence-electron chi connectivity index (χ4n) is 3.88. The summed E-state index contributed by atoms with van der Waals surface area (Å²) in [6, 6.07) is 15.5. The lowest BCUT2D eigenvalue weighted by Crippen LogP contribution is -2.48. The van der Waals surface area contributed by atoms with Crippen molar-refractivity contribution in [2.75, 3.05) is 31.9 Å². The Morgan fingerprint density at radius 2 is 1.84 bits per heavy atom. The Hall–Kier alpha value is -2.55. The smallest absolute Gasteiger partial charge is 0.233 e. The van der Waals surface area contributed by atoms with Crippen molar-refractivity contribution in [3.05, 3.63) is 66.2 Å². The topological polar surface area (TPSA) is 49.3 Å². The van der Waals surface area contributed by atoms with Gasteiger partial charge in [0.05, 0.1) is 21.4 Å². The van der Waals surface area contributed by atoms with Gasteiger partial charge in [-0.2, -0.15) is 0 Å². The zero-order valence-electron chi connectivity index (χ0n) is 16.8. The fraction of sp³-hybridized carbons (Fsp3) is 0.261. The predicted molar refractivity (Wildman–Crippen MR) is 124 cm³/mol. The van der Waals surface area contributed by atoms with E-state index in [-0.39, 0.29) is 11.7 Å². The molecule has 4 aromatic rings. The number of amides is 1. The lowest BCUT2D eigenvalue weighted by Gasteiger charge is -2.34. The number of carbonyl (C=O) groups excluding carboxylic acids is 1. The van der Waals surface area contributed by atoms with Gasteiger partial charge in [0.15, 0.2) is 0 Å². The van der Waals surface area contributed by atoms with Gasteiger partial charge in [0.1, 0.15) is 17.2 Å². The molecule has 0 unspecified atom stereocenters. The van der Waals surface area contributed by atoms with Crippen LogP contribution in [-0.2, 0) is 11.3 Å². The van der Waals surface area contributed by atoms with Crippen LogP contribution >= 0.6 is 23.1 Å². The van der Waals surface area contributed by atoms with Gasteiger partial charge in [0, 0.05) is 37.4 Å². The third-order valence-corrected chi connectivity index (χ3v) is 7.76. The number of benzene rings is 2. The van der Waals surface area contributed by atoms with Crippen LogP contribution in [0.3, 0.4) is 0 Å². The number of nitrogens with zero attached hydrogens (tertiary/aromatic N) is 4.